The molecule has 31 heavy (non-hydrogen) atoms. The van der Waals surface area contributed by atoms with Gasteiger partial charge in [-0.25, -0.2) is 5.01 Å². The maximum absolute atomic E-state index is 12.7. The number of amidine groups is 1. The molecule has 158 valence electrons. The topological polar surface area (TPSA) is 88.1 Å². The number of hydrazone groups is 1. The zero-order chi connectivity index (χ0) is 22.0. The lowest BCUT2D eigenvalue weighted by Crippen LogP contribution is -2.23. The van der Waals surface area contributed by atoms with Crippen molar-refractivity contribution >= 4 is 50.8 Å². The number of hydrogen-bond acceptors (Lipinski definition) is 4. The van der Waals surface area contributed by atoms with Gasteiger partial charge < -0.3 is 5.73 Å². The minimum absolute atomic E-state index is 0.0127. The molecule has 3 aromatic carbocycles. The second kappa shape index (κ2) is 8.74. The predicted molar refractivity (Wildman–Crippen MR) is 128 cm³/mol. The molecule has 3 aromatic rings. The van der Waals surface area contributed by atoms with Crippen molar-refractivity contribution in [2.45, 2.75) is 10.8 Å². The van der Waals surface area contributed by atoms with Crippen molar-refractivity contribution in [3.05, 3.63) is 95.0 Å². The van der Waals surface area contributed by atoms with Crippen LogP contribution in [0.4, 0.5) is 5.69 Å². The third-order valence-electron chi connectivity index (χ3n) is 4.87. The number of anilines is 1. The number of sulfonamides is 1. The van der Waals surface area contributed by atoms with Crippen molar-refractivity contribution < 1.29 is 8.42 Å². The SMILES string of the molecule is Nc1ccc(C2=NN(/C(S)=N/S(=O)(=O)c3ccc(Cl)cc3)CC2c2ccccc2)cc1. The van der Waals surface area contributed by atoms with Crippen LogP contribution in [0.1, 0.15) is 17.0 Å². The van der Waals surface area contributed by atoms with Crippen LogP contribution >= 0.6 is 24.2 Å². The van der Waals surface area contributed by atoms with E-state index in [2.05, 4.69) is 22.1 Å². The van der Waals surface area contributed by atoms with Crippen molar-refractivity contribution in [1.82, 2.24) is 5.01 Å². The van der Waals surface area contributed by atoms with Crippen LogP contribution < -0.4 is 5.73 Å². The van der Waals surface area contributed by atoms with Crippen LogP contribution in [0.5, 0.6) is 0 Å². The molecule has 0 saturated carbocycles. The summed E-state index contributed by atoms with van der Waals surface area (Å²) in [5, 5.41) is 6.58. The Labute approximate surface area is 191 Å². The van der Waals surface area contributed by atoms with Crippen molar-refractivity contribution in [2.75, 3.05) is 12.3 Å². The molecule has 0 spiro atoms. The molecule has 0 bridgehead atoms. The molecule has 1 aliphatic heterocycles. The van der Waals surface area contributed by atoms with E-state index in [9.17, 15) is 8.42 Å². The first-order chi connectivity index (χ1) is 14.8. The lowest BCUT2D eigenvalue weighted by molar-refractivity contribution is 0.485. The van der Waals surface area contributed by atoms with E-state index >= 15 is 0 Å². The van der Waals surface area contributed by atoms with Gasteiger partial charge in [0.25, 0.3) is 10.0 Å². The minimum atomic E-state index is -3.96. The Morgan fingerprint density at radius 1 is 1.03 bits per heavy atom. The number of nitrogens with zero attached hydrogens (tertiary/aromatic N) is 3. The highest BCUT2D eigenvalue weighted by Gasteiger charge is 2.31. The van der Waals surface area contributed by atoms with E-state index in [1.807, 2.05) is 54.6 Å². The zero-order valence-electron chi connectivity index (χ0n) is 16.3. The summed E-state index contributed by atoms with van der Waals surface area (Å²) in [5.41, 5.74) is 9.22. The van der Waals surface area contributed by atoms with E-state index < -0.39 is 10.0 Å². The van der Waals surface area contributed by atoms with E-state index in [1.165, 1.54) is 29.3 Å². The molecule has 0 aliphatic carbocycles. The summed E-state index contributed by atoms with van der Waals surface area (Å²) in [6, 6.07) is 23.1. The standard InChI is InChI=1S/C22H19ClN4O2S2/c23-17-8-12-19(13-9-17)31(28,29)26-22(30)27-14-20(15-4-2-1-3-5-15)21(25-27)16-6-10-18(24)11-7-16/h1-13,20H,14,24H2,(H,26,30). The molecular formula is C22H19ClN4O2S2. The molecule has 0 aromatic heterocycles. The summed E-state index contributed by atoms with van der Waals surface area (Å²) in [6.07, 6.45) is 0. The summed E-state index contributed by atoms with van der Waals surface area (Å²) >= 11 is 10.2. The number of rotatable bonds is 4. The average molecular weight is 471 g/mol. The maximum atomic E-state index is 12.7. The van der Waals surface area contributed by atoms with Crippen LogP contribution in [0, 0.1) is 0 Å². The molecular weight excluding hydrogens is 452 g/mol. The molecule has 2 N–H and O–H groups in total. The monoisotopic (exact) mass is 470 g/mol. The third-order valence-corrected chi connectivity index (χ3v) is 6.87. The molecule has 1 aliphatic rings. The van der Waals surface area contributed by atoms with Crippen LogP contribution in [0.2, 0.25) is 5.02 Å². The van der Waals surface area contributed by atoms with Gasteiger partial charge in [-0.3, -0.25) is 0 Å². The molecule has 9 heteroatoms. The molecule has 6 nitrogen and oxygen atoms in total. The number of hydrogen-bond donors (Lipinski definition) is 2. The summed E-state index contributed by atoms with van der Waals surface area (Å²) < 4.78 is 29.2. The number of nitrogens with two attached hydrogens (primary N) is 1. The van der Waals surface area contributed by atoms with E-state index in [4.69, 9.17) is 17.3 Å². The van der Waals surface area contributed by atoms with Crippen molar-refractivity contribution in [3.63, 3.8) is 0 Å². The third kappa shape index (κ3) is 4.76. The predicted octanol–water partition coefficient (Wildman–Crippen LogP) is 4.40. The maximum Gasteiger partial charge on any atom is 0.284 e. The highest BCUT2D eigenvalue weighted by Crippen LogP contribution is 2.30. The highest BCUT2D eigenvalue weighted by molar-refractivity contribution is 7.99. The van der Waals surface area contributed by atoms with Crippen molar-refractivity contribution in [1.29, 1.82) is 0 Å². The Kier molecular flexibility index (Phi) is 6.04. The first-order valence-electron chi connectivity index (χ1n) is 9.40. The number of thiol groups is 1. The van der Waals surface area contributed by atoms with Crippen LogP contribution in [0.25, 0.3) is 0 Å². The molecule has 1 unspecified atom stereocenters. The summed E-state index contributed by atoms with van der Waals surface area (Å²) in [7, 11) is -3.96. The number of halogens is 1. The molecule has 1 atom stereocenters. The fraction of sp³-hybridized carbons (Fsp3) is 0.0909. The molecule has 1 heterocycles. The summed E-state index contributed by atoms with van der Waals surface area (Å²) in [5.74, 6) is -0.0830. The van der Waals surface area contributed by atoms with Gasteiger partial charge in [0.15, 0.2) is 5.17 Å². The molecule has 0 amide bonds. The Hall–Kier alpha value is -2.81. The van der Waals surface area contributed by atoms with Gasteiger partial charge in [-0.05, 0) is 47.5 Å². The second-order valence-corrected chi connectivity index (χ2v) is 9.41. The minimum Gasteiger partial charge on any atom is -0.399 e. The Balaban J connectivity index is 1.70. The van der Waals surface area contributed by atoms with Crippen LogP contribution in [0.3, 0.4) is 0 Å². The van der Waals surface area contributed by atoms with Gasteiger partial charge in [-0.2, -0.15) is 13.5 Å². The second-order valence-electron chi connectivity index (χ2n) is 6.97. The molecule has 0 saturated heterocycles. The van der Waals surface area contributed by atoms with Crippen LogP contribution in [-0.2, 0) is 10.0 Å². The van der Waals surface area contributed by atoms with Crippen molar-refractivity contribution in [3.8, 4) is 0 Å². The van der Waals surface area contributed by atoms with Crippen molar-refractivity contribution in [2.24, 2.45) is 9.50 Å². The largest absolute Gasteiger partial charge is 0.399 e. The number of nitrogen functional groups attached to an aromatic ring is 1. The smallest absolute Gasteiger partial charge is 0.284 e. The first-order valence-corrected chi connectivity index (χ1v) is 11.7. The fourth-order valence-corrected chi connectivity index (χ4v) is 4.77. The highest BCUT2D eigenvalue weighted by atomic mass is 35.5. The van der Waals surface area contributed by atoms with E-state index in [0.717, 1.165) is 16.8 Å². The van der Waals surface area contributed by atoms with Gasteiger partial charge in [0.1, 0.15) is 0 Å². The van der Waals surface area contributed by atoms with Gasteiger partial charge >= 0.3 is 0 Å². The van der Waals surface area contributed by atoms with Crippen LogP contribution in [-0.4, -0.2) is 30.9 Å². The van der Waals surface area contributed by atoms with E-state index in [1.54, 1.807) is 0 Å². The van der Waals surface area contributed by atoms with Gasteiger partial charge in [-0.15, -0.1) is 17.0 Å². The van der Waals surface area contributed by atoms with E-state index in [0.29, 0.717) is 17.3 Å². The van der Waals surface area contributed by atoms with E-state index in [-0.39, 0.29) is 16.0 Å². The van der Waals surface area contributed by atoms with Gasteiger partial charge in [0.05, 0.1) is 17.2 Å². The Morgan fingerprint density at radius 2 is 1.68 bits per heavy atom. The van der Waals surface area contributed by atoms with Crippen LogP contribution in [0.15, 0.2) is 93.3 Å². The van der Waals surface area contributed by atoms with Gasteiger partial charge in [-0.1, -0.05) is 54.1 Å². The molecule has 0 fully saturated rings. The summed E-state index contributed by atoms with van der Waals surface area (Å²) in [4.78, 5) is 0.0324. The Bertz CT molecular complexity index is 1240. The quantitative estimate of drug-likeness (QED) is 0.256. The normalized spacial score (nSPS) is 17.0. The lowest BCUT2D eigenvalue weighted by atomic mass is 9.90. The van der Waals surface area contributed by atoms with Gasteiger partial charge in [0, 0.05) is 16.6 Å². The number of benzene rings is 3. The zero-order valence-corrected chi connectivity index (χ0v) is 18.7. The van der Waals surface area contributed by atoms with Gasteiger partial charge in [0.2, 0.25) is 0 Å². The average Bonchev–Trinajstić information content (AvgIpc) is 3.21. The molecule has 0 radical (unpaired) electrons. The molecule has 4 rings (SSSR count). The lowest BCUT2D eigenvalue weighted by Gasteiger charge is -2.15. The Morgan fingerprint density at radius 3 is 2.32 bits per heavy atom. The first kappa shape index (κ1) is 21.4. The summed E-state index contributed by atoms with van der Waals surface area (Å²) in [6.45, 7) is 0.405. The fourth-order valence-electron chi connectivity index (χ4n) is 3.30.